The Morgan fingerprint density at radius 2 is 2.23 bits per heavy atom. The minimum atomic E-state index is -0.383. The van der Waals surface area contributed by atoms with Crippen molar-refractivity contribution in [1.82, 2.24) is 20.4 Å². The Morgan fingerprint density at radius 1 is 1.38 bits per heavy atom. The fourth-order valence-electron chi connectivity index (χ4n) is 2.08. The van der Waals surface area contributed by atoms with E-state index in [1.165, 1.54) is 17.4 Å². The number of anilines is 1. The highest BCUT2D eigenvalue weighted by molar-refractivity contribution is 8.01. The van der Waals surface area contributed by atoms with E-state index < -0.39 is 0 Å². The van der Waals surface area contributed by atoms with Crippen LogP contribution in [0.25, 0.3) is 11.3 Å². The van der Waals surface area contributed by atoms with Crippen molar-refractivity contribution in [3.8, 4) is 17.0 Å². The minimum absolute atomic E-state index is 0.0331. The van der Waals surface area contributed by atoms with Gasteiger partial charge in [-0.25, -0.2) is 0 Å². The first-order valence-electron chi connectivity index (χ1n) is 7.88. The summed E-state index contributed by atoms with van der Waals surface area (Å²) < 4.78 is 0.822. The number of hydrogen-bond acceptors (Lipinski definition) is 7. The molecule has 3 rings (SSSR count). The number of benzene rings is 1. The summed E-state index contributed by atoms with van der Waals surface area (Å²) in [5.41, 5.74) is 1.11. The molecule has 3 aromatic rings. The smallest absolute Gasteiger partial charge is 0.275 e. The number of nitrogens with one attached hydrogen (secondary N) is 2. The third-order valence-electron chi connectivity index (χ3n) is 3.41. The van der Waals surface area contributed by atoms with Gasteiger partial charge in [-0.05, 0) is 30.7 Å². The van der Waals surface area contributed by atoms with Crippen LogP contribution in [0.4, 0.5) is 5.13 Å². The molecule has 0 aliphatic carbocycles. The van der Waals surface area contributed by atoms with Crippen LogP contribution in [0.15, 0.2) is 28.6 Å². The van der Waals surface area contributed by atoms with E-state index in [2.05, 4.69) is 32.6 Å². The Hall–Kier alpha value is -2.10. The highest BCUT2D eigenvalue weighted by Crippen LogP contribution is 2.31. The molecule has 0 saturated carbocycles. The van der Waals surface area contributed by atoms with Gasteiger partial charge in [0.15, 0.2) is 4.34 Å². The molecule has 0 atom stereocenters. The molecule has 10 heteroatoms. The van der Waals surface area contributed by atoms with Gasteiger partial charge in [0.05, 0.1) is 5.69 Å². The van der Waals surface area contributed by atoms with Crippen LogP contribution in [0.5, 0.6) is 5.75 Å². The Labute approximate surface area is 163 Å². The topological polar surface area (TPSA) is 104 Å². The predicted octanol–water partition coefficient (Wildman–Crippen LogP) is 4.43. The molecule has 136 valence electrons. The summed E-state index contributed by atoms with van der Waals surface area (Å²) in [6.45, 7) is 2.13. The van der Waals surface area contributed by atoms with E-state index in [-0.39, 0.29) is 17.4 Å². The first kappa shape index (κ1) is 18.7. The first-order valence-corrected chi connectivity index (χ1v) is 10.1. The number of phenolic OH excluding ortho intramolecular Hbond substituents is 1. The number of hydrogen-bond donors (Lipinski definition) is 3. The van der Waals surface area contributed by atoms with E-state index in [0.717, 1.165) is 22.9 Å². The van der Waals surface area contributed by atoms with Crippen LogP contribution < -0.4 is 5.32 Å². The van der Waals surface area contributed by atoms with E-state index in [0.29, 0.717) is 21.4 Å². The zero-order valence-corrected chi connectivity index (χ0v) is 16.2. The van der Waals surface area contributed by atoms with Crippen molar-refractivity contribution >= 4 is 45.7 Å². The van der Waals surface area contributed by atoms with Crippen molar-refractivity contribution in [3.63, 3.8) is 0 Å². The summed E-state index contributed by atoms with van der Waals surface area (Å²) in [5.74, 6) is 0.629. The fraction of sp³-hybridized carbons (Fsp3) is 0.250. The zero-order valence-electron chi connectivity index (χ0n) is 13.8. The van der Waals surface area contributed by atoms with Crippen molar-refractivity contribution in [3.05, 3.63) is 35.0 Å². The number of carbonyl (C=O) groups is 1. The third-order valence-corrected chi connectivity index (χ3v) is 5.70. The van der Waals surface area contributed by atoms with Crippen LogP contribution in [-0.2, 0) is 0 Å². The number of rotatable bonds is 7. The minimum Gasteiger partial charge on any atom is -0.507 e. The molecule has 3 N–H and O–H groups in total. The van der Waals surface area contributed by atoms with Gasteiger partial charge in [-0.15, -0.1) is 10.2 Å². The molecule has 26 heavy (non-hydrogen) atoms. The number of aromatic hydroxyl groups is 1. The van der Waals surface area contributed by atoms with Crippen LogP contribution in [0, 0.1) is 0 Å². The second-order valence-corrected chi connectivity index (χ2v) is 8.11. The molecule has 0 radical (unpaired) electrons. The molecule has 0 fully saturated rings. The summed E-state index contributed by atoms with van der Waals surface area (Å²) in [7, 11) is 0. The predicted molar refractivity (Wildman–Crippen MR) is 104 cm³/mol. The molecule has 2 heterocycles. The van der Waals surface area contributed by atoms with Gasteiger partial charge in [-0.3, -0.25) is 15.2 Å². The highest BCUT2D eigenvalue weighted by Gasteiger charge is 2.15. The molecule has 1 amide bonds. The van der Waals surface area contributed by atoms with Crippen molar-refractivity contribution in [2.75, 3.05) is 11.1 Å². The normalized spacial score (nSPS) is 10.8. The molecule has 7 nitrogen and oxygen atoms in total. The summed E-state index contributed by atoms with van der Waals surface area (Å²) >= 11 is 8.90. The van der Waals surface area contributed by atoms with Gasteiger partial charge in [0, 0.05) is 16.3 Å². The number of H-pyrrole nitrogens is 1. The summed E-state index contributed by atoms with van der Waals surface area (Å²) in [6.07, 6.45) is 2.24. The van der Waals surface area contributed by atoms with Crippen molar-refractivity contribution in [2.24, 2.45) is 0 Å². The standard InChI is InChI=1S/C16H16ClN5O2S2/c1-2-3-6-25-16-22-21-15(26-16)18-14(24)12-8-11(19-20-12)10-7-9(17)4-5-13(10)23/h4-5,7-8,23H,2-3,6H2,1H3,(H,19,20)(H,18,21,24). The first-order chi connectivity index (χ1) is 12.6. The number of nitrogens with zero attached hydrogens (tertiary/aromatic N) is 3. The molecule has 0 saturated heterocycles. The van der Waals surface area contributed by atoms with E-state index in [9.17, 15) is 9.90 Å². The molecule has 0 aliphatic heterocycles. The average molecular weight is 410 g/mol. The van der Waals surface area contributed by atoms with E-state index in [1.807, 2.05) is 0 Å². The van der Waals surface area contributed by atoms with Crippen LogP contribution in [0.2, 0.25) is 5.02 Å². The fourth-order valence-corrected chi connectivity index (χ4v) is 4.15. The maximum Gasteiger partial charge on any atom is 0.275 e. The average Bonchev–Trinajstić information content (AvgIpc) is 3.27. The molecule has 0 spiro atoms. The number of carbonyl (C=O) groups excluding carboxylic acids is 1. The number of unbranched alkanes of at least 4 members (excludes halogenated alkanes) is 1. The van der Waals surface area contributed by atoms with Crippen molar-refractivity contribution in [1.29, 1.82) is 0 Å². The molecule has 1 aromatic carbocycles. The van der Waals surface area contributed by atoms with Crippen molar-refractivity contribution < 1.29 is 9.90 Å². The van der Waals surface area contributed by atoms with E-state index in [4.69, 9.17) is 11.6 Å². The summed E-state index contributed by atoms with van der Waals surface area (Å²) in [4.78, 5) is 12.3. The quantitative estimate of drug-likeness (QED) is 0.303. The lowest BCUT2D eigenvalue weighted by atomic mass is 10.1. The third kappa shape index (κ3) is 4.54. The number of thioether (sulfide) groups is 1. The lowest BCUT2D eigenvalue weighted by molar-refractivity contribution is 0.102. The lowest BCUT2D eigenvalue weighted by Crippen LogP contribution is -2.12. The maximum absolute atomic E-state index is 12.3. The highest BCUT2D eigenvalue weighted by atomic mass is 35.5. The molecule has 0 aliphatic rings. The maximum atomic E-state index is 12.3. The Bertz CT molecular complexity index is 912. The largest absolute Gasteiger partial charge is 0.507 e. The van der Waals surface area contributed by atoms with Gasteiger partial charge in [-0.1, -0.05) is 48.0 Å². The summed E-state index contributed by atoms with van der Waals surface area (Å²) in [6, 6.07) is 6.18. The van der Waals surface area contributed by atoms with Gasteiger partial charge in [0.1, 0.15) is 11.4 Å². The summed E-state index contributed by atoms with van der Waals surface area (Å²) in [5, 5.41) is 28.3. The monoisotopic (exact) mass is 409 g/mol. The number of amides is 1. The second-order valence-electron chi connectivity index (χ2n) is 5.36. The Balaban J connectivity index is 1.68. The second kappa shape index (κ2) is 8.52. The SMILES string of the molecule is CCCCSc1nnc(NC(=O)c2cc(-c3cc(Cl)ccc3O)n[nH]2)s1. The number of halogens is 1. The van der Waals surface area contributed by atoms with E-state index >= 15 is 0 Å². The molecular weight excluding hydrogens is 394 g/mol. The van der Waals surface area contributed by atoms with Crippen LogP contribution >= 0.6 is 34.7 Å². The Morgan fingerprint density at radius 3 is 3.04 bits per heavy atom. The van der Waals surface area contributed by atoms with Gasteiger partial charge in [0.25, 0.3) is 5.91 Å². The van der Waals surface area contributed by atoms with Gasteiger partial charge in [-0.2, -0.15) is 5.10 Å². The lowest BCUT2D eigenvalue weighted by Gasteiger charge is -2.00. The number of aromatic nitrogens is 4. The van der Waals surface area contributed by atoms with Gasteiger partial charge in [0.2, 0.25) is 5.13 Å². The van der Waals surface area contributed by atoms with Gasteiger partial charge >= 0.3 is 0 Å². The molecular formula is C16H16ClN5O2S2. The van der Waals surface area contributed by atoms with Crippen LogP contribution in [0.1, 0.15) is 30.3 Å². The molecule has 0 bridgehead atoms. The van der Waals surface area contributed by atoms with Crippen LogP contribution in [0.3, 0.4) is 0 Å². The Kier molecular flexibility index (Phi) is 6.12. The molecule has 2 aromatic heterocycles. The number of aromatic amines is 1. The number of phenols is 1. The zero-order chi connectivity index (χ0) is 18.5. The van der Waals surface area contributed by atoms with E-state index in [1.54, 1.807) is 30.0 Å². The van der Waals surface area contributed by atoms with Crippen molar-refractivity contribution in [2.45, 2.75) is 24.1 Å². The van der Waals surface area contributed by atoms with Crippen LogP contribution in [-0.4, -0.2) is 37.2 Å². The molecule has 0 unspecified atom stereocenters. The van der Waals surface area contributed by atoms with Gasteiger partial charge < -0.3 is 5.11 Å².